The summed E-state index contributed by atoms with van der Waals surface area (Å²) in [5, 5.41) is 0. The molecule has 0 aliphatic carbocycles. The summed E-state index contributed by atoms with van der Waals surface area (Å²) in [6.45, 7) is 1.29. The minimum Gasteiger partial charge on any atom is -0.397 e. The molecule has 1 aliphatic heterocycles. The summed E-state index contributed by atoms with van der Waals surface area (Å²) >= 11 is 0. The predicted octanol–water partition coefficient (Wildman–Crippen LogP) is 2.16. The first-order valence-corrected chi connectivity index (χ1v) is 5.65. The highest BCUT2D eigenvalue weighted by atomic mass is 19.2. The average Bonchev–Trinajstić information content (AvgIpc) is 2.35. The monoisotopic (exact) mass is 242 g/mol. The molecule has 0 amide bonds. The van der Waals surface area contributed by atoms with Crippen LogP contribution in [0.2, 0.25) is 0 Å². The van der Waals surface area contributed by atoms with E-state index in [1.54, 1.807) is 11.9 Å². The molecule has 1 aromatic carbocycles. The van der Waals surface area contributed by atoms with Crippen molar-refractivity contribution in [1.82, 2.24) is 0 Å². The molecule has 0 radical (unpaired) electrons. The average molecular weight is 242 g/mol. The molecular weight excluding hydrogens is 226 g/mol. The molecule has 0 spiro atoms. The summed E-state index contributed by atoms with van der Waals surface area (Å²) < 4.78 is 32.2. The van der Waals surface area contributed by atoms with Crippen molar-refractivity contribution in [3.63, 3.8) is 0 Å². The van der Waals surface area contributed by atoms with Gasteiger partial charge in [0, 0.05) is 26.3 Å². The van der Waals surface area contributed by atoms with E-state index in [1.165, 1.54) is 6.07 Å². The quantitative estimate of drug-likeness (QED) is 0.808. The Kier molecular flexibility index (Phi) is 3.47. The van der Waals surface area contributed by atoms with Crippen LogP contribution >= 0.6 is 0 Å². The lowest BCUT2D eigenvalue weighted by atomic mass is 10.1. The highest BCUT2D eigenvalue weighted by Gasteiger charge is 2.24. The first-order valence-electron chi connectivity index (χ1n) is 5.65. The molecule has 94 valence electrons. The first kappa shape index (κ1) is 12.1. The van der Waals surface area contributed by atoms with E-state index in [9.17, 15) is 8.78 Å². The molecular formula is C12H16F2N2O. The van der Waals surface area contributed by atoms with Gasteiger partial charge in [-0.2, -0.15) is 0 Å². The fourth-order valence-corrected chi connectivity index (χ4v) is 2.17. The molecule has 2 rings (SSSR count). The molecule has 1 fully saturated rings. The van der Waals surface area contributed by atoms with E-state index in [2.05, 4.69) is 0 Å². The van der Waals surface area contributed by atoms with E-state index >= 15 is 0 Å². The normalized spacial score (nSPS) is 17.1. The Morgan fingerprint density at radius 1 is 1.29 bits per heavy atom. The minimum absolute atomic E-state index is 0.141. The lowest BCUT2D eigenvalue weighted by Gasteiger charge is -2.33. The highest BCUT2D eigenvalue weighted by Crippen LogP contribution is 2.31. The van der Waals surface area contributed by atoms with Crippen molar-refractivity contribution in [2.24, 2.45) is 0 Å². The highest BCUT2D eigenvalue weighted by molar-refractivity contribution is 5.68. The van der Waals surface area contributed by atoms with Gasteiger partial charge in [-0.05, 0) is 25.0 Å². The van der Waals surface area contributed by atoms with Gasteiger partial charge in [-0.1, -0.05) is 0 Å². The maximum atomic E-state index is 13.7. The molecule has 0 aromatic heterocycles. The van der Waals surface area contributed by atoms with Gasteiger partial charge in [0.1, 0.15) is 0 Å². The first-order chi connectivity index (χ1) is 8.11. The van der Waals surface area contributed by atoms with Crippen molar-refractivity contribution >= 4 is 11.4 Å². The molecule has 0 unspecified atom stereocenters. The van der Waals surface area contributed by atoms with Crippen LogP contribution in [0.5, 0.6) is 0 Å². The third-order valence-corrected chi connectivity index (χ3v) is 3.19. The zero-order valence-electron chi connectivity index (χ0n) is 9.75. The Bertz CT molecular complexity index is 406. The number of nitrogens with two attached hydrogens (primary N) is 1. The molecule has 0 atom stereocenters. The fraction of sp³-hybridized carbons (Fsp3) is 0.500. The summed E-state index contributed by atoms with van der Waals surface area (Å²) in [6, 6.07) is 2.58. The van der Waals surface area contributed by atoms with Crippen LogP contribution < -0.4 is 10.6 Å². The number of ether oxygens (including phenoxy) is 1. The molecule has 3 nitrogen and oxygen atoms in total. The Labute approximate surface area is 99.2 Å². The third kappa shape index (κ3) is 2.34. The van der Waals surface area contributed by atoms with Crippen LogP contribution in [-0.2, 0) is 4.74 Å². The zero-order valence-corrected chi connectivity index (χ0v) is 9.75. The van der Waals surface area contributed by atoms with Gasteiger partial charge in [-0.25, -0.2) is 8.78 Å². The molecule has 1 heterocycles. The molecule has 5 heteroatoms. The summed E-state index contributed by atoms with van der Waals surface area (Å²) in [7, 11) is 1.74. The Balaban J connectivity index is 2.29. The number of rotatable bonds is 2. The zero-order chi connectivity index (χ0) is 12.4. The second-order valence-electron chi connectivity index (χ2n) is 4.25. The Morgan fingerprint density at radius 2 is 1.94 bits per heavy atom. The van der Waals surface area contributed by atoms with Gasteiger partial charge in [-0.15, -0.1) is 0 Å². The van der Waals surface area contributed by atoms with Crippen LogP contribution in [0.3, 0.4) is 0 Å². The van der Waals surface area contributed by atoms with Gasteiger partial charge >= 0.3 is 0 Å². The number of hydrogen-bond acceptors (Lipinski definition) is 3. The fourth-order valence-electron chi connectivity index (χ4n) is 2.17. The van der Waals surface area contributed by atoms with E-state index in [-0.39, 0.29) is 17.4 Å². The maximum absolute atomic E-state index is 13.7. The van der Waals surface area contributed by atoms with Crippen LogP contribution in [0.4, 0.5) is 20.2 Å². The van der Waals surface area contributed by atoms with E-state index in [1.807, 2.05) is 0 Å². The third-order valence-electron chi connectivity index (χ3n) is 3.19. The van der Waals surface area contributed by atoms with Gasteiger partial charge in [0.15, 0.2) is 11.6 Å². The number of benzene rings is 1. The second-order valence-corrected chi connectivity index (χ2v) is 4.25. The minimum atomic E-state index is -0.876. The smallest absolute Gasteiger partial charge is 0.184 e. The number of nitrogens with zero attached hydrogens (tertiary/aromatic N) is 1. The molecule has 1 saturated heterocycles. The molecule has 1 aliphatic rings. The van der Waals surface area contributed by atoms with Crippen molar-refractivity contribution in [3.05, 3.63) is 23.8 Å². The SMILES string of the molecule is CN(c1c(N)ccc(F)c1F)C1CCOCC1. The van der Waals surface area contributed by atoms with Gasteiger partial charge in [0.25, 0.3) is 0 Å². The predicted molar refractivity (Wildman–Crippen MR) is 63.0 cm³/mol. The largest absolute Gasteiger partial charge is 0.397 e. The number of nitrogen functional groups attached to an aromatic ring is 1. The van der Waals surface area contributed by atoms with Gasteiger partial charge in [0.05, 0.1) is 11.4 Å². The number of halogens is 2. The van der Waals surface area contributed by atoms with Gasteiger partial charge in [0.2, 0.25) is 0 Å². The standard InChI is InChI=1S/C12H16F2N2O/c1-16(8-4-6-17-7-5-8)12-10(15)3-2-9(13)11(12)14/h2-3,8H,4-7,15H2,1H3. The summed E-state index contributed by atoms with van der Waals surface area (Å²) in [6.07, 6.45) is 1.60. The van der Waals surface area contributed by atoms with Gasteiger partial charge < -0.3 is 15.4 Å². The molecule has 0 bridgehead atoms. The summed E-state index contributed by atoms with van der Waals surface area (Å²) in [4.78, 5) is 1.72. The van der Waals surface area contributed by atoms with Crippen molar-refractivity contribution in [3.8, 4) is 0 Å². The summed E-state index contributed by atoms with van der Waals surface area (Å²) in [5.74, 6) is -1.74. The van der Waals surface area contributed by atoms with Crippen LogP contribution in [0.15, 0.2) is 12.1 Å². The van der Waals surface area contributed by atoms with Crippen LogP contribution in [0.1, 0.15) is 12.8 Å². The molecule has 0 saturated carbocycles. The van der Waals surface area contributed by atoms with Crippen LogP contribution in [0.25, 0.3) is 0 Å². The van der Waals surface area contributed by atoms with Crippen molar-refractivity contribution in [2.45, 2.75) is 18.9 Å². The van der Waals surface area contributed by atoms with Crippen LogP contribution in [0, 0.1) is 11.6 Å². The van der Waals surface area contributed by atoms with Gasteiger partial charge in [-0.3, -0.25) is 0 Å². The van der Waals surface area contributed by atoms with E-state index < -0.39 is 11.6 Å². The molecule has 17 heavy (non-hydrogen) atoms. The molecule has 2 N–H and O–H groups in total. The number of anilines is 2. The molecule has 1 aromatic rings. The van der Waals surface area contributed by atoms with Crippen molar-refractivity contribution in [1.29, 1.82) is 0 Å². The second kappa shape index (κ2) is 4.87. The Morgan fingerprint density at radius 3 is 2.59 bits per heavy atom. The Hall–Kier alpha value is -1.36. The lowest BCUT2D eigenvalue weighted by molar-refractivity contribution is 0.0853. The van der Waals surface area contributed by atoms with E-state index in [0.717, 1.165) is 18.9 Å². The van der Waals surface area contributed by atoms with Crippen molar-refractivity contribution < 1.29 is 13.5 Å². The van der Waals surface area contributed by atoms with Crippen LogP contribution in [-0.4, -0.2) is 26.3 Å². The van der Waals surface area contributed by atoms with E-state index in [4.69, 9.17) is 10.5 Å². The topological polar surface area (TPSA) is 38.5 Å². The number of hydrogen-bond donors (Lipinski definition) is 1. The maximum Gasteiger partial charge on any atom is 0.184 e. The summed E-state index contributed by atoms with van der Waals surface area (Å²) in [5.41, 5.74) is 6.13. The van der Waals surface area contributed by atoms with E-state index in [0.29, 0.717) is 13.2 Å². The van der Waals surface area contributed by atoms with Crippen molar-refractivity contribution in [2.75, 3.05) is 30.9 Å². The lowest BCUT2D eigenvalue weighted by Crippen LogP contribution is -2.37.